The smallest absolute Gasteiger partial charge is 0.373 e. The van der Waals surface area contributed by atoms with E-state index in [-0.39, 0.29) is 5.69 Å². The molecule has 124 valence electrons. The lowest BCUT2D eigenvalue weighted by Crippen LogP contribution is -2.58. The maximum atomic E-state index is 12.5. The molecule has 1 rings (SSSR count). The zero-order chi connectivity index (χ0) is 17.3. The van der Waals surface area contributed by atoms with Crippen molar-refractivity contribution in [2.45, 2.75) is 38.2 Å². The largest absolute Gasteiger partial charge is 0.426 e. The first kappa shape index (κ1) is 18.3. The molecule has 0 saturated heterocycles. The van der Waals surface area contributed by atoms with Crippen LogP contribution in [0.4, 0.5) is 32.0 Å². The highest BCUT2D eigenvalue weighted by Crippen LogP contribution is 2.45. The van der Waals surface area contributed by atoms with E-state index in [0.717, 1.165) is 0 Å². The molecule has 1 amide bonds. The second-order valence-electron chi connectivity index (χ2n) is 4.83. The predicted molar refractivity (Wildman–Crippen MR) is 66.2 cm³/mol. The van der Waals surface area contributed by atoms with E-state index in [0.29, 0.717) is 11.1 Å². The third kappa shape index (κ3) is 3.52. The highest BCUT2D eigenvalue weighted by molar-refractivity contribution is 5.92. The Hall–Kier alpha value is -1.77. The lowest BCUT2D eigenvalue weighted by atomic mass is 9.97. The lowest BCUT2D eigenvalue weighted by molar-refractivity contribution is -0.366. The number of hydrogen-bond acceptors (Lipinski definition) is 2. The number of aryl methyl sites for hydroxylation is 1. The van der Waals surface area contributed by atoms with Crippen LogP contribution in [0.3, 0.4) is 0 Å². The van der Waals surface area contributed by atoms with Crippen molar-refractivity contribution in [3.63, 3.8) is 0 Å². The van der Waals surface area contributed by atoms with Crippen molar-refractivity contribution in [2.24, 2.45) is 0 Å². The molecule has 0 saturated carbocycles. The molecule has 0 aromatic heterocycles. The highest BCUT2D eigenvalue weighted by Gasteiger charge is 2.71. The molecule has 2 N–H and O–H groups in total. The summed E-state index contributed by atoms with van der Waals surface area (Å²) in [6.45, 7) is 3.21. The van der Waals surface area contributed by atoms with E-state index in [1.807, 2.05) is 5.32 Å². The fraction of sp³-hybridized carbons (Fsp3) is 0.462. The minimum absolute atomic E-state index is 0.0803. The molecule has 0 bridgehead atoms. The molecule has 0 fully saturated rings. The average molecular weight is 329 g/mol. The van der Waals surface area contributed by atoms with Crippen molar-refractivity contribution in [1.82, 2.24) is 0 Å². The van der Waals surface area contributed by atoms with E-state index in [2.05, 4.69) is 0 Å². The molecule has 0 aliphatic heterocycles. The van der Waals surface area contributed by atoms with E-state index < -0.39 is 30.3 Å². The quantitative estimate of drug-likeness (QED) is 0.834. The van der Waals surface area contributed by atoms with Gasteiger partial charge in [0.1, 0.15) is 0 Å². The maximum Gasteiger partial charge on any atom is 0.426 e. The Morgan fingerprint density at radius 3 is 2.05 bits per heavy atom. The van der Waals surface area contributed by atoms with Crippen LogP contribution in [-0.2, 0) is 4.79 Å². The van der Waals surface area contributed by atoms with Crippen LogP contribution < -0.4 is 5.32 Å². The van der Waals surface area contributed by atoms with Gasteiger partial charge in [0, 0.05) is 5.69 Å². The number of hydrogen-bond donors (Lipinski definition) is 2. The first-order chi connectivity index (χ1) is 9.79. The van der Waals surface area contributed by atoms with Crippen LogP contribution in [0.2, 0.25) is 0 Å². The Morgan fingerprint density at radius 2 is 1.59 bits per heavy atom. The Bertz CT molecular complexity index is 551. The number of nitrogens with one attached hydrogen (secondary N) is 1. The predicted octanol–water partition coefficient (Wildman–Crippen LogP) is 3.49. The van der Waals surface area contributed by atoms with Crippen molar-refractivity contribution in [2.75, 3.05) is 5.32 Å². The summed E-state index contributed by atoms with van der Waals surface area (Å²) in [6, 6.07) is 4.48. The summed E-state index contributed by atoms with van der Waals surface area (Å²) in [5.41, 5.74) is -3.82. The molecule has 0 aliphatic carbocycles. The second kappa shape index (κ2) is 5.79. The van der Waals surface area contributed by atoms with Gasteiger partial charge in [0.25, 0.3) is 5.60 Å². The van der Waals surface area contributed by atoms with E-state index in [1.54, 1.807) is 19.9 Å². The van der Waals surface area contributed by atoms with Crippen LogP contribution in [0.5, 0.6) is 0 Å². The highest BCUT2D eigenvalue weighted by atomic mass is 19.4. The molecule has 0 heterocycles. The van der Waals surface area contributed by atoms with Crippen molar-refractivity contribution < 1.29 is 36.2 Å². The molecule has 1 aromatic carbocycles. The van der Waals surface area contributed by atoms with Crippen LogP contribution in [0.1, 0.15) is 17.5 Å². The molecule has 0 aliphatic rings. The molecular formula is C13H13F6NO2. The number of anilines is 1. The van der Waals surface area contributed by atoms with Gasteiger partial charge in [-0.15, -0.1) is 0 Å². The average Bonchev–Trinajstić information content (AvgIpc) is 2.32. The van der Waals surface area contributed by atoms with Gasteiger partial charge in [-0.05, 0) is 31.0 Å². The summed E-state index contributed by atoms with van der Waals surface area (Å²) in [6.07, 6.45) is -14.2. The monoisotopic (exact) mass is 329 g/mol. The first-order valence-electron chi connectivity index (χ1n) is 6.01. The molecule has 22 heavy (non-hydrogen) atoms. The van der Waals surface area contributed by atoms with Crippen LogP contribution in [0.25, 0.3) is 0 Å². The Kier molecular flexibility index (Phi) is 4.81. The summed E-state index contributed by atoms with van der Waals surface area (Å²) in [7, 11) is 0. The SMILES string of the molecule is Cc1cccc(NC(=O)CC(O)(C(F)(F)F)C(F)(F)F)c1C. The van der Waals surface area contributed by atoms with Gasteiger partial charge in [0.05, 0.1) is 6.42 Å². The van der Waals surface area contributed by atoms with Gasteiger partial charge < -0.3 is 10.4 Å². The molecular weight excluding hydrogens is 316 g/mol. The van der Waals surface area contributed by atoms with E-state index in [4.69, 9.17) is 5.11 Å². The van der Waals surface area contributed by atoms with Crippen molar-refractivity contribution >= 4 is 11.6 Å². The molecule has 0 radical (unpaired) electrons. The van der Waals surface area contributed by atoms with Crippen LogP contribution >= 0.6 is 0 Å². The molecule has 0 unspecified atom stereocenters. The Morgan fingerprint density at radius 1 is 1.09 bits per heavy atom. The fourth-order valence-corrected chi connectivity index (χ4v) is 1.67. The van der Waals surface area contributed by atoms with Gasteiger partial charge in [-0.25, -0.2) is 0 Å². The summed E-state index contributed by atoms with van der Waals surface area (Å²) in [5.74, 6) is -1.59. The minimum atomic E-state index is -6.02. The van der Waals surface area contributed by atoms with Crippen molar-refractivity contribution in [3.8, 4) is 0 Å². The van der Waals surface area contributed by atoms with E-state index >= 15 is 0 Å². The Balaban J connectivity index is 3.01. The minimum Gasteiger partial charge on any atom is -0.373 e. The van der Waals surface area contributed by atoms with E-state index in [1.165, 1.54) is 12.1 Å². The first-order valence-corrected chi connectivity index (χ1v) is 6.01. The molecule has 0 atom stereocenters. The van der Waals surface area contributed by atoms with Crippen molar-refractivity contribution in [1.29, 1.82) is 0 Å². The molecule has 9 heteroatoms. The topological polar surface area (TPSA) is 49.3 Å². The third-order valence-electron chi connectivity index (χ3n) is 3.23. The van der Waals surface area contributed by atoms with Gasteiger partial charge in [-0.3, -0.25) is 4.79 Å². The number of halogens is 6. The third-order valence-corrected chi connectivity index (χ3v) is 3.23. The van der Waals surface area contributed by atoms with Gasteiger partial charge in [0.15, 0.2) is 0 Å². The zero-order valence-corrected chi connectivity index (χ0v) is 11.6. The summed E-state index contributed by atoms with van der Waals surface area (Å²) < 4.78 is 75.0. The van der Waals surface area contributed by atoms with Crippen LogP contribution in [0, 0.1) is 13.8 Å². The summed E-state index contributed by atoms with van der Waals surface area (Å²) in [5, 5.41) is 10.9. The Labute approximate surface area is 121 Å². The standard InChI is InChI=1S/C13H13F6NO2/c1-7-4-3-5-9(8(7)2)20-10(21)6-11(22,12(14,15)16)13(17,18)19/h3-5,22H,6H2,1-2H3,(H,20,21). The van der Waals surface area contributed by atoms with Gasteiger partial charge >= 0.3 is 12.4 Å². The number of carbonyl (C=O) groups excluding carboxylic acids is 1. The summed E-state index contributed by atoms with van der Waals surface area (Å²) >= 11 is 0. The van der Waals surface area contributed by atoms with Gasteiger partial charge in [-0.1, -0.05) is 12.1 Å². The molecule has 3 nitrogen and oxygen atoms in total. The molecule has 1 aromatic rings. The van der Waals surface area contributed by atoms with Crippen molar-refractivity contribution in [3.05, 3.63) is 29.3 Å². The summed E-state index contributed by atoms with van der Waals surface area (Å²) in [4.78, 5) is 11.5. The molecule has 0 spiro atoms. The van der Waals surface area contributed by atoms with Crippen LogP contribution in [-0.4, -0.2) is 29.0 Å². The number of alkyl halides is 6. The normalized spacial score (nSPS) is 13.1. The number of amides is 1. The zero-order valence-electron chi connectivity index (χ0n) is 11.6. The maximum absolute atomic E-state index is 12.5. The number of rotatable bonds is 3. The number of aliphatic hydroxyl groups is 1. The lowest BCUT2D eigenvalue weighted by Gasteiger charge is -2.31. The van der Waals surface area contributed by atoms with E-state index in [9.17, 15) is 31.1 Å². The fourth-order valence-electron chi connectivity index (χ4n) is 1.67. The van der Waals surface area contributed by atoms with Gasteiger partial charge in [0.2, 0.25) is 5.91 Å². The van der Waals surface area contributed by atoms with Gasteiger partial charge in [-0.2, -0.15) is 26.3 Å². The van der Waals surface area contributed by atoms with Crippen LogP contribution in [0.15, 0.2) is 18.2 Å². The number of benzene rings is 1. The number of carbonyl (C=O) groups is 1. The second-order valence-corrected chi connectivity index (χ2v) is 4.83.